The normalized spacial score (nSPS) is 10.1. The molecule has 0 amide bonds. The van der Waals surface area contributed by atoms with Crippen molar-refractivity contribution in [1.29, 1.82) is 0 Å². The summed E-state index contributed by atoms with van der Waals surface area (Å²) in [6.07, 6.45) is 5.62. The second kappa shape index (κ2) is 13.4. The average Bonchev–Trinajstić information content (AvgIpc) is 2.26. The van der Waals surface area contributed by atoms with Crippen molar-refractivity contribution in [3.63, 3.8) is 0 Å². The molecule has 0 fully saturated rings. The highest BCUT2D eigenvalue weighted by Crippen LogP contribution is 1.84. The summed E-state index contributed by atoms with van der Waals surface area (Å²) in [7, 11) is 0. The Morgan fingerprint density at radius 1 is 0.867 bits per heavy atom. The van der Waals surface area contributed by atoms with E-state index in [2.05, 4.69) is 18.5 Å². The van der Waals surface area contributed by atoms with Gasteiger partial charge in [-0.25, -0.2) is 0 Å². The van der Waals surface area contributed by atoms with E-state index in [0.29, 0.717) is 13.2 Å². The van der Waals surface area contributed by atoms with Gasteiger partial charge in [-0.3, -0.25) is 0 Å². The van der Waals surface area contributed by atoms with Crippen molar-refractivity contribution in [2.24, 2.45) is 0 Å². The molecule has 0 atom stereocenters. The van der Waals surface area contributed by atoms with E-state index in [1.807, 2.05) is 0 Å². The summed E-state index contributed by atoms with van der Waals surface area (Å²) >= 11 is 0. The Labute approximate surface area is 93.2 Å². The van der Waals surface area contributed by atoms with E-state index in [-0.39, 0.29) is 0 Å². The first kappa shape index (κ1) is 14.4. The van der Waals surface area contributed by atoms with E-state index in [1.165, 1.54) is 0 Å². The molecule has 0 aliphatic heterocycles. The molecule has 0 aromatic heterocycles. The highest BCUT2D eigenvalue weighted by Gasteiger charge is 1.89. The smallest absolute Gasteiger partial charge is 0.0644 e. The SMILES string of the molecule is C=CCOCCCNCCCOCC=C. The second-order valence-electron chi connectivity index (χ2n) is 3.18. The van der Waals surface area contributed by atoms with Gasteiger partial charge in [-0.15, -0.1) is 13.2 Å². The van der Waals surface area contributed by atoms with Gasteiger partial charge >= 0.3 is 0 Å². The Hall–Kier alpha value is -0.640. The lowest BCUT2D eigenvalue weighted by Gasteiger charge is -2.05. The third kappa shape index (κ3) is 13.4. The van der Waals surface area contributed by atoms with Crippen LogP contribution in [0.1, 0.15) is 12.8 Å². The third-order valence-corrected chi connectivity index (χ3v) is 1.76. The number of hydrogen-bond acceptors (Lipinski definition) is 3. The van der Waals surface area contributed by atoms with E-state index in [4.69, 9.17) is 9.47 Å². The summed E-state index contributed by atoms with van der Waals surface area (Å²) in [5.41, 5.74) is 0. The first-order valence-electron chi connectivity index (χ1n) is 5.49. The van der Waals surface area contributed by atoms with E-state index < -0.39 is 0 Å². The molecule has 0 rings (SSSR count). The molecule has 88 valence electrons. The van der Waals surface area contributed by atoms with Gasteiger partial charge < -0.3 is 14.8 Å². The lowest BCUT2D eigenvalue weighted by atomic mass is 10.4. The summed E-state index contributed by atoms with van der Waals surface area (Å²) < 4.78 is 10.5. The summed E-state index contributed by atoms with van der Waals surface area (Å²) in [5.74, 6) is 0. The van der Waals surface area contributed by atoms with Crippen LogP contribution in [-0.2, 0) is 9.47 Å². The maximum Gasteiger partial charge on any atom is 0.0644 e. The van der Waals surface area contributed by atoms with Crippen molar-refractivity contribution >= 4 is 0 Å². The zero-order valence-corrected chi connectivity index (χ0v) is 9.54. The molecule has 0 aromatic carbocycles. The van der Waals surface area contributed by atoms with Crippen molar-refractivity contribution in [2.75, 3.05) is 39.5 Å². The van der Waals surface area contributed by atoms with E-state index >= 15 is 0 Å². The Balaban J connectivity index is 2.86. The minimum atomic E-state index is 0.648. The molecule has 0 aromatic rings. The molecule has 0 aliphatic rings. The fourth-order valence-electron chi connectivity index (χ4n) is 1.06. The van der Waals surface area contributed by atoms with Gasteiger partial charge in [0.15, 0.2) is 0 Å². The molecule has 0 radical (unpaired) electrons. The molecule has 0 spiro atoms. The Kier molecular flexibility index (Phi) is 12.8. The van der Waals surface area contributed by atoms with Crippen molar-refractivity contribution in [1.82, 2.24) is 5.32 Å². The highest BCUT2D eigenvalue weighted by atomic mass is 16.5. The number of ether oxygens (including phenoxy) is 2. The standard InChI is InChI=1S/C12H23NO2/c1-3-9-14-11-5-7-13-8-6-12-15-10-4-2/h3-4,13H,1-2,5-12H2. The fourth-order valence-corrected chi connectivity index (χ4v) is 1.06. The third-order valence-electron chi connectivity index (χ3n) is 1.76. The molecule has 3 heteroatoms. The van der Waals surface area contributed by atoms with Crippen LogP contribution < -0.4 is 5.32 Å². The summed E-state index contributed by atoms with van der Waals surface area (Å²) in [6, 6.07) is 0. The van der Waals surface area contributed by atoms with Crippen LogP contribution in [0.2, 0.25) is 0 Å². The predicted molar refractivity (Wildman–Crippen MR) is 64.1 cm³/mol. The lowest BCUT2D eigenvalue weighted by molar-refractivity contribution is 0.154. The molecular formula is C12H23NO2. The molecular weight excluding hydrogens is 190 g/mol. The fraction of sp³-hybridized carbons (Fsp3) is 0.667. The Morgan fingerprint density at radius 3 is 1.73 bits per heavy atom. The molecule has 0 aliphatic carbocycles. The molecule has 0 saturated carbocycles. The molecule has 0 heterocycles. The van der Waals surface area contributed by atoms with Crippen LogP contribution in [0.15, 0.2) is 25.3 Å². The molecule has 15 heavy (non-hydrogen) atoms. The molecule has 3 nitrogen and oxygen atoms in total. The van der Waals surface area contributed by atoms with E-state index in [0.717, 1.165) is 39.1 Å². The monoisotopic (exact) mass is 213 g/mol. The van der Waals surface area contributed by atoms with Gasteiger partial charge in [0.05, 0.1) is 13.2 Å². The first-order valence-corrected chi connectivity index (χ1v) is 5.49. The minimum absolute atomic E-state index is 0.648. The summed E-state index contributed by atoms with van der Waals surface area (Å²) in [4.78, 5) is 0. The van der Waals surface area contributed by atoms with Gasteiger partial charge in [-0.05, 0) is 25.9 Å². The maximum absolute atomic E-state index is 5.25. The highest BCUT2D eigenvalue weighted by molar-refractivity contribution is 4.64. The van der Waals surface area contributed by atoms with Crippen LogP contribution in [0, 0.1) is 0 Å². The zero-order chi connectivity index (χ0) is 11.2. The van der Waals surface area contributed by atoms with E-state index in [9.17, 15) is 0 Å². The van der Waals surface area contributed by atoms with Crippen LogP contribution in [0.4, 0.5) is 0 Å². The average molecular weight is 213 g/mol. The Bertz CT molecular complexity index is 133. The lowest BCUT2D eigenvalue weighted by Crippen LogP contribution is -2.19. The van der Waals surface area contributed by atoms with Gasteiger partial charge in [-0.2, -0.15) is 0 Å². The van der Waals surface area contributed by atoms with Crippen molar-refractivity contribution in [3.8, 4) is 0 Å². The zero-order valence-electron chi connectivity index (χ0n) is 9.54. The van der Waals surface area contributed by atoms with Crippen molar-refractivity contribution < 1.29 is 9.47 Å². The number of rotatable bonds is 12. The maximum atomic E-state index is 5.25. The van der Waals surface area contributed by atoms with Gasteiger partial charge in [0.1, 0.15) is 0 Å². The topological polar surface area (TPSA) is 30.5 Å². The van der Waals surface area contributed by atoms with Crippen LogP contribution in [-0.4, -0.2) is 39.5 Å². The van der Waals surface area contributed by atoms with Crippen molar-refractivity contribution in [2.45, 2.75) is 12.8 Å². The number of nitrogens with one attached hydrogen (secondary N) is 1. The van der Waals surface area contributed by atoms with E-state index in [1.54, 1.807) is 12.2 Å². The second-order valence-corrected chi connectivity index (χ2v) is 3.18. The van der Waals surface area contributed by atoms with Crippen LogP contribution in [0.25, 0.3) is 0 Å². The van der Waals surface area contributed by atoms with Crippen LogP contribution in [0.5, 0.6) is 0 Å². The quantitative estimate of drug-likeness (QED) is 0.396. The van der Waals surface area contributed by atoms with Crippen molar-refractivity contribution in [3.05, 3.63) is 25.3 Å². The summed E-state index contributed by atoms with van der Waals surface area (Å²) in [6.45, 7) is 12.1. The Morgan fingerprint density at radius 2 is 1.33 bits per heavy atom. The molecule has 0 bridgehead atoms. The molecule has 0 unspecified atom stereocenters. The van der Waals surface area contributed by atoms with Gasteiger partial charge in [0.2, 0.25) is 0 Å². The number of hydrogen-bond donors (Lipinski definition) is 1. The van der Waals surface area contributed by atoms with Gasteiger partial charge in [0, 0.05) is 13.2 Å². The van der Waals surface area contributed by atoms with Crippen LogP contribution in [0.3, 0.4) is 0 Å². The summed E-state index contributed by atoms with van der Waals surface area (Å²) in [5, 5.41) is 3.33. The van der Waals surface area contributed by atoms with Gasteiger partial charge in [0.25, 0.3) is 0 Å². The molecule has 0 saturated heterocycles. The van der Waals surface area contributed by atoms with Crippen LogP contribution >= 0.6 is 0 Å². The van der Waals surface area contributed by atoms with Gasteiger partial charge in [-0.1, -0.05) is 12.2 Å². The first-order chi connectivity index (χ1) is 7.41. The molecule has 1 N–H and O–H groups in total. The predicted octanol–water partition coefficient (Wildman–Crippen LogP) is 1.76. The largest absolute Gasteiger partial charge is 0.377 e. The minimum Gasteiger partial charge on any atom is -0.377 e.